The highest BCUT2D eigenvalue weighted by molar-refractivity contribution is 5.93. The fraction of sp³-hybridized carbons (Fsp3) is 0.333. The van der Waals surface area contributed by atoms with Gasteiger partial charge >= 0.3 is 0 Å². The Balaban J connectivity index is 1.50. The van der Waals surface area contributed by atoms with Gasteiger partial charge in [-0.3, -0.25) is 9.48 Å². The van der Waals surface area contributed by atoms with Gasteiger partial charge in [-0.05, 0) is 37.0 Å². The van der Waals surface area contributed by atoms with E-state index in [1.165, 1.54) is 0 Å². The molecule has 7 heteroatoms. The molecule has 1 aliphatic rings. The van der Waals surface area contributed by atoms with E-state index in [1.807, 2.05) is 39.9 Å². The van der Waals surface area contributed by atoms with Crippen molar-refractivity contribution in [2.75, 3.05) is 13.1 Å². The van der Waals surface area contributed by atoms with Crippen molar-refractivity contribution in [1.82, 2.24) is 29.4 Å². The molecule has 0 aliphatic carbocycles. The third-order valence-electron chi connectivity index (χ3n) is 4.58. The quantitative estimate of drug-likeness (QED) is 0.731. The molecule has 4 rings (SSSR count). The lowest BCUT2D eigenvalue weighted by Crippen LogP contribution is -2.41. The van der Waals surface area contributed by atoms with Crippen molar-refractivity contribution < 1.29 is 4.79 Å². The molecule has 1 aromatic carbocycles. The Labute approximate surface area is 145 Å². The lowest BCUT2D eigenvalue weighted by molar-refractivity contribution is 0.0650. The average molecular weight is 336 g/mol. The average Bonchev–Trinajstić information content (AvgIpc) is 3.34. The van der Waals surface area contributed by atoms with E-state index in [9.17, 15) is 4.79 Å². The number of aromatic nitrogens is 5. The van der Waals surface area contributed by atoms with Gasteiger partial charge in [-0.1, -0.05) is 18.2 Å². The molecule has 0 bridgehead atoms. The van der Waals surface area contributed by atoms with Gasteiger partial charge < -0.3 is 4.90 Å². The number of amides is 1. The summed E-state index contributed by atoms with van der Waals surface area (Å²) in [5.41, 5.74) is 1.50. The zero-order chi connectivity index (χ0) is 17.1. The molecule has 2 aromatic heterocycles. The molecule has 3 aromatic rings. The summed E-state index contributed by atoms with van der Waals surface area (Å²) in [5.74, 6) is 0.428. The SMILES string of the molecule is O=C(c1ccnn1-c1ccccc1)N1CCCC(Cn2cncn2)C1. The molecule has 1 saturated heterocycles. The highest BCUT2D eigenvalue weighted by Gasteiger charge is 2.27. The number of rotatable bonds is 4. The fourth-order valence-corrected chi connectivity index (χ4v) is 3.39. The maximum atomic E-state index is 13.0. The van der Waals surface area contributed by atoms with Gasteiger partial charge in [-0.2, -0.15) is 10.2 Å². The third kappa shape index (κ3) is 3.31. The lowest BCUT2D eigenvalue weighted by atomic mass is 9.98. The van der Waals surface area contributed by atoms with Crippen molar-refractivity contribution in [3.8, 4) is 5.69 Å². The number of hydrogen-bond acceptors (Lipinski definition) is 4. The van der Waals surface area contributed by atoms with Crippen LogP contribution in [-0.4, -0.2) is 48.4 Å². The molecule has 7 nitrogen and oxygen atoms in total. The second kappa shape index (κ2) is 6.88. The van der Waals surface area contributed by atoms with Crippen molar-refractivity contribution in [2.45, 2.75) is 19.4 Å². The number of carbonyl (C=O) groups is 1. The topological polar surface area (TPSA) is 68.8 Å². The van der Waals surface area contributed by atoms with E-state index in [1.54, 1.807) is 29.6 Å². The number of para-hydroxylation sites is 1. The predicted octanol–water partition coefficient (Wildman–Crippen LogP) is 2.02. The van der Waals surface area contributed by atoms with Crippen molar-refractivity contribution in [1.29, 1.82) is 0 Å². The molecule has 0 radical (unpaired) electrons. The van der Waals surface area contributed by atoms with Gasteiger partial charge in [0.05, 0.1) is 11.9 Å². The van der Waals surface area contributed by atoms with Crippen LogP contribution in [0.5, 0.6) is 0 Å². The lowest BCUT2D eigenvalue weighted by Gasteiger charge is -2.32. The summed E-state index contributed by atoms with van der Waals surface area (Å²) in [4.78, 5) is 19.0. The minimum absolute atomic E-state index is 0.0321. The van der Waals surface area contributed by atoms with E-state index in [-0.39, 0.29) is 5.91 Å². The van der Waals surface area contributed by atoms with Crippen LogP contribution in [0.15, 0.2) is 55.2 Å². The first-order valence-corrected chi connectivity index (χ1v) is 8.52. The van der Waals surface area contributed by atoms with Gasteiger partial charge in [-0.15, -0.1) is 0 Å². The smallest absolute Gasteiger partial charge is 0.272 e. The maximum absolute atomic E-state index is 13.0. The molecular formula is C18H20N6O. The van der Waals surface area contributed by atoms with Gasteiger partial charge in [-0.25, -0.2) is 9.67 Å². The zero-order valence-electron chi connectivity index (χ0n) is 13.9. The first kappa shape index (κ1) is 15.6. The standard InChI is InChI=1S/C18H20N6O/c25-18(17-8-9-20-24(17)16-6-2-1-3-7-16)22-10-4-5-15(11-22)12-23-14-19-13-21-23/h1-3,6-9,13-15H,4-5,10-12H2. The monoisotopic (exact) mass is 336 g/mol. The van der Waals surface area contributed by atoms with Crippen LogP contribution in [0.1, 0.15) is 23.3 Å². The van der Waals surface area contributed by atoms with Crippen molar-refractivity contribution in [2.24, 2.45) is 5.92 Å². The summed E-state index contributed by atoms with van der Waals surface area (Å²) in [5, 5.41) is 8.50. The Morgan fingerprint density at radius 3 is 2.84 bits per heavy atom. The van der Waals surface area contributed by atoms with Crippen molar-refractivity contribution in [3.63, 3.8) is 0 Å². The van der Waals surface area contributed by atoms with E-state index < -0.39 is 0 Å². The molecule has 1 aliphatic heterocycles. The first-order chi connectivity index (χ1) is 12.3. The summed E-state index contributed by atoms with van der Waals surface area (Å²) in [6.45, 7) is 2.31. The van der Waals surface area contributed by atoms with Crippen LogP contribution in [-0.2, 0) is 6.54 Å². The van der Waals surface area contributed by atoms with Crippen LogP contribution in [0.4, 0.5) is 0 Å². The van der Waals surface area contributed by atoms with E-state index >= 15 is 0 Å². The Kier molecular flexibility index (Phi) is 4.28. The van der Waals surface area contributed by atoms with Gasteiger partial charge in [0.1, 0.15) is 18.3 Å². The number of likely N-dealkylation sites (tertiary alicyclic amines) is 1. The van der Waals surface area contributed by atoms with E-state index in [0.717, 1.165) is 38.2 Å². The van der Waals surface area contributed by atoms with E-state index in [4.69, 9.17) is 0 Å². The van der Waals surface area contributed by atoms with Crippen LogP contribution in [0.25, 0.3) is 5.69 Å². The van der Waals surface area contributed by atoms with E-state index in [2.05, 4.69) is 15.2 Å². The van der Waals surface area contributed by atoms with Gasteiger partial charge in [0, 0.05) is 19.6 Å². The second-order valence-corrected chi connectivity index (χ2v) is 6.34. The largest absolute Gasteiger partial charge is 0.337 e. The third-order valence-corrected chi connectivity index (χ3v) is 4.58. The number of nitrogens with zero attached hydrogens (tertiary/aromatic N) is 6. The Hall–Kier alpha value is -2.96. The number of piperidine rings is 1. The highest BCUT2D eigenvalue weighted by atomic mass is 16.2. The summed E-state index contributed by atoms with van der Waals surface area (Å²) in [7, 11) is 0. The number of hydrogen-bond donors (Lipinski definition) is 0. The summed E-state index contributed by atoms with van der Waals surface area (Å²) in [6, 6.07) is 11.5. The van der Waals surface area contributed by atoms with Crippen molar-refractivity contribution in [3.05, 3.63) is 60.9 Å². The summed E-state index contributed by atoms with van der Waals surface area (Å²) >= 11 is 0. The van der Waals surface area contributed by atoms with Gasteiger partial charge in [0.2, 0.25) is 0 Å². The molecule has 128 valence electrons. The number of carbonyl (C=O) groups excluding carboxylic acids is 1. The normalized spacial score (nSPS) is 17.6. The molecule has 3 heterocycles. The molecule has 0 N–H and O–H groups in total. The summed E-state index contributed by atoms with van der Waals surface area (Å²) < 4.78 is 3.55. The predicted molar refractivity (Wildman–Crippen MR) is 92.2 cm³/mol. The molecule has 1 amide bonds. The van der Waals surface area contributed by atoms with E-state index in [0.29, 0.717) is 11.6 Å². The van der Waals surface area contributed by atoms with Crippen LogP contribution in [0.3, 0.4) is 0 Å². The maximum Gasteiger partial charge on any atom is 0.272 e. The molecule has 1 fully saturated rings. The van der Waals surface area contributed by atoms with Crippen LogP contribution < -0.4 is 0 Å². The van der Waals surface area contributed by atoms with Gasteiger partial charge in [0.15, 0.2) is 0 Å². The second-order valence-electron chi connectivity index (χ2n) is 6.34. The summed E-state index contributed by atoms with van der Waals surface area (Å²) in [6.07, 6.45) is 7.05. The zero-order valence-corrected chi connectivity index (χ0v) is 13.9. The minimum atomic E-state index is 0.0321. The van der Waals surface area contributed by atoms with Crippen LogP contribution in [0, 0.1) is 5.92 Å². The highest BCUT2D eigenvalue weighted by Crippen LogP contribution is 2.21. The molecule has 0 saturated carbocycles. The molecule has 0 spiro atoms. The van der Waals surface area contributed by atoms with Gasteiger partial charge in [0.25, 0.3) is 5.91 Å². The minimum Gasteiger partial charge on any atom is -0.337 e. The molecule has 1 unspecified atom stereocenters. The molecule has 1 atom stereocenters. The fourth-order valence-electron chi connectivity index (χ4n) is 3.39. The van der Waals surface area contributed by atoms with Crippen LogP contribution >= 0.6 is 0 Å². The Morgan fingerprint density at radius 2 is 2.04 bits per heavy atom. The molecular weight excluding hydrogens is 316 g/mol. The molecule has 25 heavy (non-hydrogen) atoms. The van der Waals surface area contributed by atoms with Crippen molar-refractivity contribution >= 4 is 5.91 Å². The first-order valence-electron chi connectivity index (χ1n) is 8.52. The van der Waals surface area contributed by atoms with Crippen LogP contribution in [0.2, 0.25) is 0 Å². The Bertz CT molecular complexity index is 826. The Morgan fingerprint density at radius 1 is 1.16 bits per heavy atom. The number of benzene rings is 1.